The van der Waals surface area contributed by atoms with Crippen molar-refractivity contribution >= 4 is 43.5 Å². The Morgan fingerprint density at radius 3 is 2.23 bits per heavy atom. The molecule has 0 saturated heterocycles. The molecule has 1 fully saturated rings. The van der Waals surface area contributed by atoms with Gasteiger partial charge in [0.15, 0.2) is 0 Å². The first kappa shape index (κ1) is 32.5. The van der Waals surface area contributed by atoms with Gasteiger partial charge in [0.2, 0.25) is 21.8 Å². The van der Waals surface area contributed by atoms with Crippen molar-refractivity contribution in [2.24, 2.45) is 0 Å². The highest BCUT2D eigenvalue weighted by atomic mass is 79.9. The van der Waals surface area contributed by atoms with Crippen LogP contribution in [0.3, 0.4) is 0 Å². The van der Waals surface area contributed by atoms with E-state index in [2.05, 4.69) is 21.2 Å². The van der Waals surface area contributed by atoms with Gasteiger partial charge in [-0.05, 0) is 55.2 Å². The molecule has 8 nitrogen and oxygen atoms in total. The van der Waals surface area contributed by atoms with Crippen LogP contribution in [0.5, 0.6) is 5.75 Å². The number of hydrogen-bond donors (Lipinski definition) is 1. The third-order valence-corrected chi connectivity index (χ3v) is 9.26. The molecule has 2 amide bonds. The first-order chi connectivity index (χ1) is 20.7. The van der Waals surface area contributed by atoms with E-state index in [1.54, 1.807) is 24.3 Å². The number of sulfonamides is 1. The van der Waals surface area contributed by atoms with Crippen molar-refractivity contribution in [2.45, 2.75) is 64.1 Å². The molecule has 1 aliphatic rings. The quantitative estimate of drug-likeness (QED) is 0.252. The second-order valence-electron chi connectivity index (χ2n) is 10.9. The Morgan fingerprint density at radius 1 is 0.930 bits per heavy atom. The number of nitrogens with zero attached hydrogens (tertiary/aromatic N) is 2. The van der Waals surface area contributed by atoms with E-state index in [0.717, 1.165) is 58.3 Å². The molecular formula is C33H40BrN3O5S. The molecule has 4 rings (SSSR count). The maximum Gasteiger partial charge on any atom is 0.244 e. The van der Waals surface area contributed by atoms with Gasteiger partial charge in [0.25, 0.3) is 0 Å². The van der Waals surface area contributed by atoms with Crippen molar-refractivity contribution in [3.63, 3.8) is 0 Å². The molecule has 10 heteroatoms. The molecule has 0 spiro atoms. The van der Waals surface area contributed by atoms with Crippen LogP contribution in [-0.2, 0) is 32.6 Å². The summed E-state index contributed by atoms with van der Waals surface area (Å²) in [6.45, 7) is 1.79. The Labute approximate surface area is 263 Å². The molecule has 1 N–H and O–H groups in total. The van der Waals surface area contributed by atoms with Crippen LogP contribution in [0.2, 0.25) is 0 Å². The Balaban J connectivity index is 1.73. The molecule has 0 heterocycles. The molecule has 3 aromatic carbocycles. The second kappa shape index (κ2) is 15.4. The summed E-state index contributed by atoms with van der Waals surface area (Å²) in [6.07, 6.45) is 6.42. The largest absolute Gasteiger partial charge is 0.492 e. The molecule has 1 atom stereocenters. The van der Waals surface area contributed by atoms with Gasteiger partial charge in [0.1, 0.15) is 18.3 Å². The lowest BCUT2D eigenvalue weighted by atomic mass is 9.94. The summed E-state index contributed by atoms with van der Waals surface area (Å²) in [4.78, 5) is 29.9. The van der Waals surface area contributed by atoms with Crippen LogP contribution >= 0.6 is 15.9 Å². The SMILES string of the molecule is CCOc1ccccc1N(CC(=O)N(Cc1ccc(Br)cc1)C(Cc1ccccc1)C(=O)NC1CCCCC1)S(C)(=O)=O. The van der Waals surface area contributed by atoms with Gasteiger partial charge in [-0.2, -0.15) is 0 Å². The molecule has 0 radical (unpaired) electrons. The Bertz CT molecular complexity index is 1460. The summed E-state index contributed by atoms with van der Waals surface area (Å²) in [5, 5.41) is 3.22. The fourth-order valence-electron chi connectivity index (χ4n) is 5.42. The minimum Gasteiger partial charge on any atom is -0.492 e. The molecule has 0 aliphatic heterocycles. The normalized spacial score (nSPS) is 14.5. The predicted octanol–water partition coefficient (Wildman–Crippen LogP) is 5.70. The van der Waals surface area contributed by atoms with Crippen molar-refractivity contribution in [2.75, 3.05) is 23.7 Å². The minimum atomic E-state index is -3.89. The predicted molar refractivity (Wildman–Crippen MR) is 173 cm³/mol. The second-order valence-corrected chi connectivity index (χ2v) is 13.7. The number of rotatable bonds is 13. The van der Waals surface area contributed by atoms with E-state index in [4.69, 9.17) is 4.74 Å². The number of carbonyl (C=O) groups excluding carboxylic acids is 2. The number of ether oxygens (including phenoxy) is 1. The van der Waals surface area contributed by atoms with E-state index in [-0.39, 0.29) is 30.6 Å². The third-order valence-electron chi connectivity index (χ3n) is 7.60. The van der Waals surface area contributed by atoms with Gasteiger partial charge in [-0.3, -0.25) is 13.9 Å². The monoisotopic (exact) mass is 669 g/mol. The van der Waals surface area contributed by atoms with Gasteiger partial charge in [0, 0.05) is 23.5 Å². The number of halogens is 1. The molecule has 1 saturated carbocycles. The number of amides is 2. The van der Waals surface area contributed by atoms with Gasteiger partial charge in [-0.15, -0.1) is 0 Å². The molecule has 0 bridgehead atoms. The van der Waals surface area contributed by atoms with Crippen LogP contribution in [0, 0.1) is 0 Å². The van der Waals surface area contributed by atoms with Crippen molar-refractivity contribution in [3.05, 3.63) is 94.5 Å². The van der Waals surface area contributed by atoms with Crippen LogP contribution in [0.25, 0.3) is 0 Å². The maximum atomic E-state index is 14.3. The smallest absolute Gasteiger partial charge is 0.244 e. The topological polar surface area (TPSA) is 96.0 Å². The fraction of sp³-hybridized carbons (Fsp3) is 0.394. The first-order valence-corrected chi connectivity index (χ1v) is 17.4. The number of hydrogen-bond acceptors (Lipinski definition) is 5. The van der Waals surface area contributed by atoms with E-state index < -0.39 is 28.5 Å². The summed E-state index contributed by atoms with van der Waals surface area (Å²) in [6, 6.07) is 23.1. The van der Waals surface area contributed by atoms with Crippen LogP contribution in [-0.4, -0.2) is 56.6 Å². The zero-order valence-corrected chi connectivity index (χ0v) is 27.1. The number of carbonyl (C=O) groups is 2. The van der Waals surface area contributed by atoms with Gasteiger partial charge in [0.05, 0.1) is 18.6 Å². The van der Waals surface area contributed by atoms with E-state index in [0.29, 0.717) is 12.4 Å². The van der Waals surface area contributed by atoms with Crippen molar-refractivity contribution < 1.29 is 22.7 Å². The average Bonchev–Trinajstić information content (AvgIpc) is 2.99. The minimum absolute atomic E-state index is 0.0507. The van der Waals surface area contributed by atoms with E-state index in [9.17, 15) is 18.0 Å². The number of para-hydroxylation sites is 2. The first-order valence-electron chi connectivity index (χ1n) is 14.7. The lowest BCUT2D eigenvalue weighted by molar-refractivity contribution is -0.140. The maximum absolute atomic E-state index is 14.3. The molecule has 0 aromatic heterocycles. The summed E-state index contributed by atoms with van der Waals surface area (Å²) in [5.41, 5.74) is 2.00. The lowest BCUT2D eigenvalue weighted by Crippen LogP contribution is -2.55. The standard InChI is InChI=1S/C33H40BrN3O5S/c1-3-42-31-17-11-10-16-29(31)37(43(2,40)41)24-32(38)36(23-26-18-20-27(34)21-19-26)30(22-25-12-6-4-7-13-25)33(39)35-28-14-8-5-9-15-28/h4,6-7,10-13,16-21,28,30H,3,5,8-9,14-15,22-24H2,1-2H3,(H,35,39). The summed E-state index contributed by atoms with van der Waals surface area (Å²) < 4.78 is 33.9. The molecule has 1 aliphatic carbocycles. The summed E-state index contributed by atoms with van der Waals surface area (Å²) in [5.74, 6) is -0.361. The van der Waals surface area contributed by atoms with Gasteiger partial charge in [-0.25, -0.2) is 8.42 Å². The highest BCUT2D eigenvalue weighted by Crippen LogP contribution is 2.30. The van der Waals surface area contributed by atoms with Crippen molar-refractivity contribution in [3.8, 4) is 5.75 Å². The number of nitrogens with one attached hydrogen (secondary N) is 1. The van der Waals surface area contributed by atoms with Gasteiger partial charge in [-0.1, -0.05) is 89.8 Å². The zero-order chi connectivity index (χ0) is 30.8. The highest BCUT2D eigenvalue weighted by Gasteiger charge is 2.34. The molecular weight excluding hydrogens is 630 g/mol. The van der Waals surface area contributed by atoms with Crippen LogP contribution in [0.15, 0.2) is 83.3 Å². The number of anilines is 1. The van der Waals surface area contributed by atoms with Crippen LogP contribution in [0.4, 0.5) is 5.69 Å². The zero-order valence-electron chi connectivity index (χ0n) is 24.7. The third kappa shape index (κ3) is 9.31. The molecule has 43 heavy (non-hydrogen) atoms. The molecule has 3 aromatic rings. The Morgan fingerprint density at radius 2 is 1.58 bits per heavy atom. The van der Waals surface area contributed by atoms with Gasteiger partial charge < -0.3 is 15.0 Å². The van der Waals surface area contributed by atoms with E-state index in [1.165, 1.54) is 4.90 Å². The van der Waals surface area contributed by atoms with E-state index >= 15 is 0 Å². The molecule has 230 valence electrons. The fourth-order valence-corrected chi connectivity index (χ4v) is 6.54. The Hall–Kier alpha value is -3.37. The summed E-state index contributed by atoms with van der Waals surface area (Å²) >= 11 is 3.46. The van der Waals surface area contributed by atoms with Crippen molar-refractivity contribution in [1.29, 1.82) is 0 Å². The van der Waals surface area contributed by atoms with Crippen LogP contribution < -0.4 is 14.4 Å². The average molecular weight is 671 g/mol. The van der Waals surface area contributed by atoms with Crippen LogP contribution in [0.1, 0.15) is 50.2 Å². The van der Waals surface area contributed by atoms with Crippen molar-refractivity contribution in [1.82, 2.24) is 10.2 Å². The Kier molecular flexibility index (Phi) is 11.6. The number of benzene rings is 3. The summed E-state index contributed by atoms with van der Waals surface area (Å²) in [7, 11) is -3.89. The lowest BCUT2D eigenvalue weighted by Gasteiger charge is -2.35. The van der Waals surface area contributed by atoms with E-state index in [1.807, 2.05) is 61.5 Å². The van der Waals surface area contributed by atoms with Gasteiger partial charge >= 0.3 is 0 Å². The highest BCUT2D eigenvalue weighted by molar-refractivity contribution is 9.10. The molecule has 1 unspecified atom stereocenters.